The van der Waals surface area contributed by atoms with Gasteiger partial charge in [-0.15, -0.1) is 0 Å². The lowest BCUT2D eigenvalue weighted by atomic mass is 9.54. The third kappa shape index (κ3) is 4.81. The van der Waals surface area contributed by atoms with Crippen LogP contribution in [0.15, 0.2) is 36.4 Å². The summed E-state index contributed by atoms with van der Waals surface area (Å²) < 4.78 is 47.5. The molecule has 3 aliphatic heterocycles. The van der Waals surface area contributed by atoms with Gasteiger partial charge in [0.2, 0.25) is 10.0 Å². The van der Waals surface area contributed by atoms with Crippen molar-refractivity contribution in [2.24, 2.45) is 11.8 Å². The highest BCUT2D eigenvalue weighted by atomic mass is 35.5. The second-order valence-electron chi connectivity index (χ2n) is 12.6. The number of anilines is 1. The fraction of sp³-hybridized carbons (Fsp3) is 0.594. The van der Waals surface area contributed by atoms with Crippen LogP contribution in [0.5, 0.6) is 5.75 Å². The van der Waals surface area contributed by atoms with Crippen molar-refractivity contribution < 1.29 is 27.4 Å². The first kappa shape index (κ1) is 28.4. The number of nitrogens with zero attached hydrogens (tertiary/aromatic N) is 1. The number of amides is 1. The monoisotopic (exact) mass is 614 g/mol. The van der Waals surface area contributed by atoms with Crippen LogP contribution in [-0.4, -0.2) is 58.1 Å². The number of fused-ring (bicyclic) bond motifs is 9. The van der Waals surface area contributed by atoms with Crippen molar-refractivity contribution >= 4 is 33.2 Å². The van der Waals surface area contributed by atoms with Crippen LogP contribution in [0.3, 0.4) is 0 Å². The topological polar surface area (TPSA) is 94.2 Å². The maximum absolute atomic E-state index is 13.4. The molecule has 4 bridgehead atoms. The zero-order valence-corrected chi connectivity index (χ0v) is 25.6. The Kier molecular flexibility index (Phi) is 7.44. The minimum atomic E-state index is -3.95. The summed E-state index contributed by atoms with van der Waals surface area (Å²) in [7, 11) is -3.95. The summed E-state index contributed by atoms with van der Waals surface area (Å²) in [4.78, 5) is 15.9. The molecule has 5 aliphatic rings. The molecule has 1 N–H and O–H groups in total. The van der Waals surface area contributed by atoms with E-state index in [-0.39, 0.29) is 24.4 Å². The number of aryl methyl sites for hydroxylation is 1. The highest BCUT2D eigenvalue weighted by molar-refractivity contribution is 7.90. The Bertz CT molecular complexity index is 1480. The van der Waals surface area contributed by atoms with Crippen molar-refractivity contribution in [2.75, 3.05) is 31.3 Å². The average molecular weight is 615 g/mol. The first-order valence-electron chi connectivity index (χ1n) is 15.4. The van der Waals surface area contributed by atoms with Gasteiger partial charge in [-0.3, -0.25) is 4.79 Å². The minimum Gasteiger partial charge on any atom is -0.491 e. The van der Waals surface area contributed by atoms with E-state index >= 15 is 0 Å². The smallest absolute Gasteiger partial charge is 0.264 e. The van der Waals surface area contributed by atoms with Gasteiger partial charge in [-0.25, -0.2) is 13.1 Å². The molecule has 0 radical (unpaired) electrons. The molecular formula is C32H39ClN2O6S. The van der Waals surface area contributed by atoms with Gasteiger partial charge in [-0.2, -0.15) is 0 Å². The molecule has 42 heavy (non-hydrogen) atoms. The maximum Gasteiger partial charge on any atom is 0.264 e. The number of benzene rings is 2. The van der Waals surface area contributed by atoms with Crippen molar-refractivity contribution in [2.45, 2.75) is 81.3 Å². The normalized spacial score (nSPS) is 34.2. The Balaban J connectivity index is 1.42. The molecule has 3 heterocycles. The predicted molar refractivity (Wildman–Crippen MR) is 161 cm³/mol. The van der Waals surface area contributed by atoms with Gasteiger partial charge in [-0.1, -0.05) is 17.7 Å². The number of carbonyl (C=O) groups excluding carboxylic acids is 1. The van der Waals surface area contributed by atoms with E-state index in [1.165, 1.54) is 11.1 Å². The summed E-state index contributed by atoms with van der Waals surface area (Å²) >= 11 is 6.54. The Morgan fingerprint density at radius 3 is 2.76 bits per heavy atom. The maximum atomic E-state index is 13.4. The number of hydrogen-bond donors (Lipinski definition) is 1. The number of rotatable bonds is 0. The van der Waals surface area contributed by atoms with Crippen LogP contribution in [0.25, 0.3) is 0 Å². The fourth-order valence-corrected chi connectivity index (χ4v) is 9.16. The average Bonchev–Trinajstić information content (AvgIpc) is 3.17. The Morgan fingerprint density at radius 2 is 1.93 bits per heavy atom. The Hall–Kier alpha value is -2.33. The Labute approximate surface area is 253 Å². The van der Waals surface area contributed by atoms with Gasteiger partial charge in [0, 0.05) is 30.2 Å². The molecule has 7 rings (SSSR count). The largest absolute Gasteiger partial charge is 0.491 e. The van der Waals surface area contributed by atoms with Crippen LogP contribution in [0.2, 0.25) is 5.02 Å². The van der Waals surface area contributed by atoms with E-state index in [0.717, 1.165) is 74.4 Å². The molecule has 8 nitrogen and oxygen atoms in total. The lowest BCUT2D eigenvalue weighted by Crippen LogP contribution is -2.60. The number of ether oxygens (including phenoxy) is 3. The molecule has 2 aromatic rings. The molecule has 2 aliphatic carbocycles. The molecule has 2 aromatic carbocycles. The van der Waals surface area contributed by atoms with E-state index in [2.05, 4.69) is 21.8 Å². The molecule has 1 saturated heterocycles. The summed E-state index contributed by atoms with van der Waals surface area (Å²) in [5.41, 5.74) is 3.38. The van der Waals surface area contributed by atoms with E-state index in [9.17, 15) is 13.2 Å². The molecular weight excluding hydrogens is 576 g/mol. The first-order valence-corrected chi connectivity index (χ1v) is 17.3. The quantitative estimate of drug-likeness (QED) is 0.435. The van der Waals surface area contributed by atoms with Crippen molar-refractivity contribution in [3.63, 3.8) is 0 Å². The molecule has 2 fully saturated rings. The number of sulfonamides is 1. The minimum absolute atomic E-state index is 0.0258. The number of nitrogens with one attached hydrogen (secondary N) is 1. The lowest BCUT2D eigenvalue weighted by molar-refractivity contribution is -0.130. The van der Waals surface area contributed by atoms with Crippen LogP contribution >= 0.6 is 11.6 Å². The van der Waals surface area contributed by atoms with Crippen LogP contribution in [-0.2, 0) is 31.5 Å². The summed E-state index contributed by atoms with van der Waals surface area (Å²) in [6.45, 7) is 3.54. The molecule has 1 spiro atoms. The third-order valence-electron chi connectivity index (χ3n) is 10.3. The van der Waals surface area contributed by atoms with Gasteiger partial charge in [0.25, 0.3) is 5.91 Å². The zero-order valence-electron chi connectivity index (χ0n) is 24.0. The van der Waals surface area contributed by atoms with E-state index < -0.39 is 21.2 Å². The number of hydrogen-bond acceptors (Lipinski definition) is 7. The highest BCUT2D eigenvalue weighted by Crippen LogP contribution is 2.59. The highest BCUT2D eigenvalue weighted by Gasteiger charge is 2.56. The van der Waals surface area contributed by atoms with E-state index in [1.807, 2.05) is 18.2 Å². The molecule has 0 aromatic heterocycles. The second-order valence-corrected chi connectivity index (χ2v) is 15.2. The molecule has 10 heteroatoms. The third-order valence-corrected chi connectivity index (χ3v) is 12.2. The molecule has 6 atom stereocenters. The first-order chi connectivity index (χ1) is 20.3. The van der Waals surface area contributed by atoms with Crippen molar-refractivity contribution in [3.8, 4) is 5.75 Å². The van der Waals surface area contributed by atoms with Crippen LogP contribution in [0.1, 0.15) is 73.4 Å². The van der Waals surface area contributed by atoms with Crippen LogP contribution in [0.4, 0.5) is 5.69 Å². The number of carbonyl (C=O) groups is 1. The fourth-order valence-electron chi connectivity index (χ4n) is 8.13. The number of halogens is 1. The van der Waals surface area contributed by atoms with Crippen molar-refractivity contribution in [1.82, 2.24) is 4.72 Å². The second kappa shape index (κ2) is 11.0. The zero-order chi connectivity index (χ0) is 29.1. The molecule has 0 unspecified atom stereocenters. The molecule has 1 amide bonds. The van der Waals surface area contributed by atoms with Gasteiger partial charge in [-0.05, 0) is 105 Å². The van der Waals surface area contributed by atoms with Crippen LogP contribution in [0, 0.1) is 11.8 Å². The van der Waals surface area contributed by atoms with Gasteiger partial charge in [0.1, 0.15) is 11.0 Å². The van der Waals surface area contributed by atoms with E-state index in [4.69, 9.17) is 25.8 Å². The summed E-state index contributed by atoms with van der Waals surface area (Å²) in [6, 6.07) is 11.6. The summed E-state index contributed by atoms with van der Waals surface area (Å²) in [6.07, 6.45) is 7.41. The SMILES string of the molecule is C[C@@H]1CO[C@@H]2CCO[C@H](C2)[C@@H]2CC[C@H]2[C@]2(CCCc3cc(Cl)ccc32)N2CCCOc3ccc(cc32)C(=O)NS1(=O)=O. The Morgan fingerprint density at radius 1 is 1.05 bits per heavy atom. The van der Waals surface area contributed by atoms with E-state index in [1.54, 1.807) is 13.0 Å². The molecule has 226 valence electrons. The van der Waals surface area contributed by atoms with Crippen molar-refractivity contribution in [1.29, 1.82) is 0 Å². The summed E-state index contributed by atoms with van der Waals surface area (Å²) in [5, 5.41) is -0.129. The summed E-state index contributed by atoms with van der Waals surface area (Å²) in [5.74, 6) is 0.752. The lowest BCUT2D eigenvalue weighted by Gasteiger charge is -2.60. The molecule has 1 saturated carbocycles. The van der Waals surface area contributed by atoms with Crippen LogP contribution < -0.4 is 14.4 Å². The van der Waals surface area contributed by atoms with E-state index in [0.29, 0.717) is 30.6 Å². The van der Waals surface area contributed by atoms with Gasteiger partial charge < -0.3 is 19.1 Å². The van der Waals surface area contributed by atoms with Gasteiger partial charge in [0.05, 0.1) is 36.6 Å². The van der Waals surface area contributed by atoms with Gasteiger partial charge >= 0.3 is 0 Å². The standard InChI is InChI=1S/C32H39ClN2O6S/c1-20-19-41-24-11-15-40-30(18-24)25-7-9-27(25)32(12-2-4-21-16-23(33)6-8-26(21)32)35-13-3-14-39-29-10-5-22(17-28(29)35)31(36)34-42(20,37)38/h5-6,8,10,16-17,20,24-25,27,30H,2-4,7,9,11-15,18-19H2,1H3,(H,34,36)/t20-,24-,25-,27-,30-,32-/m1/s1. The van der Waals surface area contributed by atoms with Crippen molar-refractivity contribution in [3.05, 3.63) is 58.1 Å². The van der Waals surface area contributed by atoms with Gasteiger partial charge in [0.15, 0.2) is 0 Å². The predicted octanol–water partition coefficient (Wildman–Crippen LogP) is 5.21.